The zero-order valence-corrected chi connectivity index (χ0v) is 43.3. The van der Waals surface area contributed by atoms with Gasteiger partial charge in [0.25, 0.3) is 0 Å². The number of aliphatic carboxylic acids is 1. The number of hydrogen-bond donors (Lipinski definition) is 3. The van der Waals surface area contributed by atoms with Gasteiger partial charge < -0.3 is 44.0 Å². The standard InChI is InChI=1S/C48H59NO13.C7H12O3/c1-11-32(36(29-18-14-12-15-19-29)49-42(55)62-43(5,6)7)40(54)59-33-24-47(56)41(60-39(53)30-20-16-13-17-21-30)45(10)46(23-31(46)22-34-48(45,25-57-34)61-28(4)51)38(52)37(58-27(3)50)35(26(33)2)44(47,8)9;1-2-3-6(8)4-5-7(9)10/h12-21,31-34,36-37,41,56H,11,22-25H2,1-10H3,(H,49,55);2-5H2,1H3,(H,9,10)/t31-,32-,33+,34-,36+,37-,41+,45+,46+,47-,48+;/m1./s1. The van der Waals surface area contributed by atoms with Gasteiger partial charge in [0.15, 0.2) is 17.5 Å². The molecule has 4 aliphatic carbocycles. The summed E-state index contributed by atoms with van der Waals surface area (Å²) >= 11 is 0. The van der Waals surface area contributed by atoms with Gasteiger partial charge in [0.05, 0.1) is 36.0 Å². The van der Waals surface area contributed by atoms with E-state index in [-0.39, 0.29) is 61.5 Å². The summed E-state index contributed by atoms with van der Waals surface area (Å²) in [7, 11) is 0. The van der Waals surface area contributed by atoms with Crippen LogP contribution in [0.1, 0.15) is 149 Å². The SMILES string of the molecule is CCCC(=O)CCC(=O)O.CC[C@@H](C(=O)O[C@H]1C[C@@]2(O)[C@@H](OC(=O)c3ccccc3)[C@]3(C)[C@]4(OC(C)=O)CO[C@@H]4C[C@@H]4C[C@@]43C(=O)[C@H](OC(C)=O)C(=C1C)C2(C)C)[C@@H](NC(=O)OC(C)(C)C)c1ccccc1. The molecule has 72 heavy (non-hydrogen) atoms. The number of fused-ring (bicyclic) bond motifs is 4. The van der Waals surface area contributed by atoms with Crippen LogP contribution in [0, 0.1) is 28.1 Å². The number of amides is 1. The van der Waals surface area contributed by atoms with E-state index in [1.807, 2.05) is 13.0 Å². The highest BCUT2D eigenvalue weighted by Crippen LogP contribution is 2.80. The number of carboxylic acid groups (broad SMARTS) is 1. The Morgan fingerprint density at radius 3 is 2.00 bits per heavy atom. The van der Waals surface area contributed by atoms with E-state index in [1.54, 1.807) is 110 Å². The third-order valence-electron chi connectivity index (χ3n) is 15.7. The first-order chi connectivity index (χ1) is 33.6. The van der Waals surface area contributed by atoms with Crippen molar-refractivity contribution < 1.29 is 77.0 Å². The first kappa shape index (κ1) is 55.4. The molecule has 11 atom stereocenters. The lowest BCUT2D eigenvalue weighted by Gasteiger charge is -2.69. The highest BCUT2D eigenvalue weighted by Gasteiger charge is 2.89. The van der Waals surface area contributed by atoms with Crippen molar-refractivity contribution in [2.75, 3.05) is 6.61 Å². The summed E-state index contributed by atoms with van der Waals surface area (Å²) in [6, 6.07) is 16.2. The van der Waals surface area contributed by atoms with E-state index in [0.717, 1.165) is 6.42 Å². The minimum atomic E-state index is -2.20. The average molecular weight is 1000 g/mol. The Hall–Kier alpha value is -5.94. The summed E-state index contributed by atoms with van der Waals surface area (Å²) in [4.78, 5) is 105. The number of nitrogens with one attached hydrogen (secondary N) is 1. The molecule has 1 aliphatic heterocycles. The molecule has 3 saturated carbocycles. The molecule has 4 fully saturated rings. The number of benzene rings is 2. The molecule has 5 aliphatic rings. The fourth-order valence-corrected chi connectivity index (χ4v) is 12.2. The smallest absolute Gasteiger partial charge is 0.408 e. The van der Waals surface area contributed by atoms with Crippen LogP contribution >= 0.6 is 0 Å². The molecule has 0 aromatic heterocycles. The van der Waals surface area contributed by atoms with Crippen LogP contribution in [0.2, 0.25) is 0 Å². The Morgan fingerprint density at radius 1 is 0.847 bits per heavy atom. The number of ketones is 2. The van der Waals surface area contributed by atoms with Crippen LogP contribution in [-0.2, 0) is 57.2 Å². The van der Waals surface area contributed by atoms with E-state index in [0.29, 0.717) is 24.0 Å². The molecule has 17 heteroatoms. The van der Waals surface area contributed by atoms with Gasteiger partial charge in [-0.1, -0.05) is 83.1 Å². The van der Waals surface area contributed by atoms with Crippen molar-refractivity contribution in [1.29, 1.82) is 0 Å². The lowest BCUT2D eigenvalue weighted by atomic mass is 9.42. The number of carbonyl (C=O) groups is 8. The number of hydrogen-bond acceptors (Lipinski definition) is 15. The minimum absolute atomic E-state index is 0.0289. The van der Waals surface area contributed by atoms with Crippen LogP contribution in [0.3, 0.4) is 0 Å². The number of rotatable bonds is 15. The van der Waals surface area contributed by atoms with Crippen molar-refractivity contribution in [2.24, 2.45) is 28.1 Å². The molecular formula is C55H71NO16. The van der Waals surface area contributed by atoms with Gasteiger partial charge in [-0.05, 0) is 88.1 Å². The second-order valence-electron chi connectivity index (χ2n) is 21.6. The number of carboxylic acids is 1. The second kappa shape index (κ2) is 20.9. The van der Waals surface area contributed by atoms with E-state index in [4.69, 9.17) is 33.5 Å². The molecule has 2 bridgehead atoms. The van der Waals surface area contributed by atoms with Crippen molar-refractivity contribution >= 4 is 47.5 Å². The van der Waals surface area contributed by atoms with E-state index < -0.39 is 111 Å². The highest BCUT2D eigenvalue weighted by molar-refractivity contribution is 5.98. The van der Waals surface area contributed by atoms with E-state index in [9.17, 15) is 38.7 Å². The number of alkyl carbamates (subject to hydrolysis) is 1. The summed E-state index contributed by atoms with van der Waals surface area (Å²) in [5.41, 5.74) is -7.88. The zero-order chi connectivity index (χ0) is 53.4. The fourth-order valence-electron chi connectivity index (χ4n) is 12.2. The largest absolute Gasteiger partial charge is 0.481 e. The first-order valence-electron chi connectivity index (χ1n) is 24.9. The van der Waals surface area contributed by atoms with Crippen LogP contribution < -0.4 is 5.32 Å². The maximum atomic E-state index is 15.7. The van der Waals surface area contributed by atoms with Crippen molar-refractivity contribution in [1.82, 2.24) is 5.32 Å². The van der Waals surface area contributed by atoms with Crippen molar-refractivity contribution in [3.8, 4) is 0 Å². The summed E-state index contributed by atoms with van der Waals surface area (Å²) in [6.45, 7) is 17.9. The van der Waals surface area contributed by atoms with Gasteiger partial charge in [-0.25, -0.2) is 9.59 Å². The van der Waals surface area contributed by atoms with E-state index in [1.165, 1.54) is 13.8 Å². The fraction of sp³-hybridized carbons (Fsp3) is 0.600. The van der Waals surface area contributed by atoms with Crippen LogP contribution in [0.25, 0.3) is 0 Å². The molecule has 1 saturated heterocycles. The summed E-state index contributed by atoms with van der Waals surface area (Å²) in [5.74, 6) is -5.66. The molecule has 1 amide bonds. The number of ether oxygens (including phenoxy) is 6. The van der Waals surface area contributed by atoms with Crippen LogP contribution in [0.15, 0.2) is 71.8 Å². The number of aliphatic hydroxyl groups is 1. The van der Waals surface area contributed by atoms with Gasteiger partial charge in [-0.2, -0.15) is 0 Å². The van der Waals surface area contributed by atoms with Gasteiger partial charge in [-0.3, -0.25) is 28.8 Å². The Bertz CT molecular complexity index is 2460. The third-order valence-corrected chi connectivity index (χ3v) is 15.7. The molecule has 1 spiro atoms. The van der Waals surface area contributed by atoms with Crippen molar-refractivity contribution in [3.63, 3.8) is 0 Å². The normalized spacial score (nSPS) is 30.4. The minimum Gasteiger partial charge on any atom is -0.481 e. The lowest BCUT2D eigenvalue weighted by Crippen LogP contribution is -2.82. The third kappa shape index (κ3) is 10.1. The molecule has 1 heterocycles. The molecule has 0 radical (unpaired) electrons. The van der Waals surface area contributed by atoms with E-state index in [2.05, 4.69) is 5.32 Å². The maximum Gasteiger partial charge on any atom is 0.408 e. The van der Waals surface area contributed by atoms with Gasteiger partial charge >= 0.3 is 35.9 Å². The van der Waals surface area contributed by atoms with Gasteiger partial charge in [0.1, 0.15) is 35.3 Å². The molecule has 3 N–H and O–H groups in total. The van der Waals surface area contributed by atoms with Gasteiger partial charge in [-0.15, -0.1) is 0 Å². The molecule has 17 nitrogen and oxygen atoms in total. The van der Waals surface area contributed by atoms with Crippen LogP contribution in [0.4, 0.5) is 4.79 Å². The maximum absolute atomic E-state index is 15.7. The molecule has 2 aromatic carbocycles. The Morgan fingerprint density at radius 2 is 1.47 bits per heavy atom. The molecule has 392 valence electrons. The number of esters is 4. The number of Topliss-reactive ketones (excluding diaryl/α,β-unsaturated/α-hetero) is 2. The van der Waals surface area contributed by atoms with Gasteiger partial charge in [0, 0.05) is 43.9 Å². The monoisotopic (exact) mass is 1000 g/mol. The Labute approximate surface area is 421 Å². The summed E-state index contributed by atoms with van der Waals surface area (Å²) < 4.78 is 37.1. The Kier molecular flexibility index (Phi) is 16.1. The zero-order valence-electron chi connectivity index (χ0n) is 43.3. The van der Waals surface area contributed by atoms with E-state index >= 15 is 4.79 Å². The van der Waals surface area contributed by atoms with Crippen LogP contribution in [-0.4, -0.2) is 106 Å². The molecular weight excluding hydrogens is 931 g/mol. The summed E-state index contributed by atoms with van der Waals surface area (Å²) in [5, 5.41) is 25.0. The average Bonchev–Trinajstić information content (AvgIpc) is 4.04. The first-order valence-corrected chi connectivity index (χ1v) is 24.9. The Balaban J connectivity index is 0.000000764. The topological polar surface area (TPSA) is 244 Å². The second-order valence-corrected chi connectivity index (χ2v) is 21.6. The highest BCUT2D eigenvalue weighted by atomic mass is 16.6. The van der Waals surface area contributed by atoms with Crippen molar-refractivity contribution in [3.05, 3.63) is 82.9 Å². The molecule has 0 unspecified atom stereocenters. The lowest BCUT2D eigenvalue weighted by molar-refractivity contribution is -0.356. The predicted octanol–water partition coefficient (Wildman–Crippen LogP) is 7.75. The molecule has 2 aromatic rings. The molecule has 7 rings (SSSR count). The van der Waals surface area contributed by atoms with Crippen LogP contribution in [0.5, 0.6) is 0 Å². The summed E-state index contributed by atoms with van der Waals surface area (Å²) in [6.07, 6.45) is -4.00. The quantitative estimate of drug-likeness (QED) is 0.0877. The van der Waals surface area contributed by atoms with Gasteiger partial charge in [0.2, 0.25) is 0 Å². The number of carbonyl (C=O) groups excluding carboxylic acids is 7. The van der Waals surface area contributed by atoms with Crippen molar-refractivity contribution in [2.45, 2.75) is 175 Å². The predicted molar refractivity (Wildman–Crippen MR) is 259 cm³/mol.